The summed E-state index contributed by atoms with van der Waals surface area (Å²) in [5.74, 6) is 1.74. The summed E-state index contributed by atoms with van der Waals surface area (Å²) >= 11 is 0. The largest absolute Gasteiger partial charge is 2.00 e. The van der Waals surface area contributed by atoms with Crippen molar-refractivity contribution in [2.24, 2.45) is 0 Å². The van der Waals surface area contributed by atoms with Crippen LogP contribution in [-0.2, 0) is 35.2 Å². The number of phenols is 1. The van der Waals surface area contributed by atoms with E-state index in [4.69, 9.17) is 4.74 Å². The minimum Gasteiger partial charge on any atom is -0.554 e. The van der Waals surface area contributed by atoms with Gasteiger partial charge in [0.15, 0.2) is 0 Å². The second-order valence-electron chi connectivity index (χ2n) is 5.08. The molecule has 22 heavy (non-hydrogen) atoms. The first kappa shape index (κ1) is 18.8. The molecule has 115 valence electrons. The van der Waals surface area contributed by atoms with E-state index < -0.39 is 0 Å². The molecular weight excluding hydrogens is 353 g/mol. The average Bonchev–Trinajstić information content (AvgIpc) is 2.56. The Balaban J connectivity index is 0.000000775. The monoisotopic (exact) mass is 375 g/mol. The topological polar surface area (TPSA) is 29.5 Å². The third-order valence-electron chi connectivity index (χ3n) is 3.90. The first-order valence-corrected chi connectivity index (χ1v) is 7.33. The molecule has 3 heteroatoms. The second kappa shape index (κ2) is 9.04. The van der Waals surface area contributed by atoms with Gasteiger partial charge >= 0.3 is 22.4 Å². The van der Waals surface area contributed by atoms with Crippen molar-refractivity contribution in [1.82, 2.24) is 0 Å². The number of fused-ring (bicyclic) bond motifs is 1. The number of aryl methyl sites for hydroxylation is 1. The van der Waals surface area contributed by atoms with Crippen molar-refractivity contribution in [3.05, 3.63) is 66.1 Å². The molecule has 2 nitrogen and oxygen atoms in total. The number of benzene rings is 2. The molecule has 1 unspecified atom stereocenters. The van der Waals surface area contributed by atoms with Crippen molar-refractivity contribution in [3.63, 3.8) is 0 Å². The molecule has 0 aromatic heterocycles. The molecule has 0 bridgehead atoms. The zero-order valence-electron chi connectivity index (χ0n) is 13.2. The third kappa shape index (κ3) is 4.39. The Morgan fingerprint density at radius 2 is 1.95 bits per heavy atom. The molecule has 2 aromatic rings. The van der Waals surface area contributed by atoms with Crippen molar-refractivity contribution < 1.29 is 32.2 Å². The standard InChI is InChI=1S/C17H17O2.C2H5.Nb/c1-19-17-8-5-12(6-9-17)13-2-3-15-11-16(18)7-4-14(15)10-13;1-2;/h4-5,7-9,11,13,18H,2-3,10H2,1H3;1H2,2H3;/q2*-1;+2. The molecule has 1 aliphatic carbocycles. The molecule has 0 amide bonds. The van der Waals surface area contributed by atoms with Crippen LogP contribution in [0.3, 0.4) is 0 Å². The number of ether oxygens (including phenoxy) is 1. The minimum atomic E-state index is 0. The summed E-state index contributed by atoms with van der Waals surface area (Å²) in [6, 6.07) is 15.0. The Morgan fingerprint density at radius 1 is 1.18 bits per heavy atom. The first-order chi connectivity index (χ1) is 10.3. The fourth-order valence-electron chi connectivity index (χ4n) is 2.81. The predicted octanol–water partition coefficient (Wildman–Crippen LogP) is 4.31. The van der Waals surface area contributed by atoms with Crippen molar-refractivity contribution in [2.75, 3.05) is 7.11 Å². The number of rotatable bonds is 2. The normalized spacial score (nSPS) is 15.7. The molecule has 0 fully saturated rings. The molecule has 2 aromatic carbocycles. The molecule has 0 saturated heterocycles. The maximum absolute atomic E-state index is 9.51. The van der Waals surface area contributed by atoms with Crippen LogP contribution < -0.4 is 4.74 Å². The van der Waals surface area contributed by atoms with Gasteiger partial charge in [-0.3, -0.25) is 0 Å². The van der Waals surface area contributed by atoms with Crippen LogP contribution in [0.1, 0.15) is 36.0 Å². The van der Waals surface area contributed by atoms with E-state index in [9.17, 15) is 5.11 Å². The Kier molecular flexibility index (Phi) is 7.74. The number of hydrogen-bond donors (Lipinski definition) is 1. The van der Waals surface area contributed by atoms with E-state index >= 15 is 0 Å². The molecular formula is C19H22NbO2. The second-order valence-corrected chi connectivity index (χ2v) is 5.08. The van der Waals surface area contributed by atoms with Gasteiger partial charge in [-0.1, -0.05) is 6.07 Å². The summed E-state index contributed by atoms with van der Waals surface area (Å²) < 4.78 is 5.17. The van der Waals surface area contributed by atoms with E-state index in [2.05, 4.69) is 19.1 Å². The van der Waals surface area contributed by atoms with E-state index in [-0.39, 0.29) is 22.4 Å². The van der Waals surface area contributed by atoms with Crippen LogP contribution in [0.15, 0.2) is 36.4 Å². The fourth-order valence-corrected chi connectivity index (χ4v) is 2.81. The van der Waals surface area contributed by atoms with E-state index in [1.807, 2.05) is 24.3 Å². The van der Waals surface area contributed by atoms with Gasteiger partial charge < -0.3 is 16.8 Å². The number of methoxy groups -OCH3 is 1. The smallest absolute Gasteiger partial charge is 0.554 e. The van der Waals surface area contributed by atoms with Gasteiger partial charge in [-0.15, -0.1) is 12.1 Å². The van der Waals surface area contributed by atoms with Crippen molar-refractivity contribution in [3.8, 4) is 11.5 Å². The Bertz CT molecular complexity index is 578. The van der Waals surface area contributed by atoms with Crippen LogP contribution in [0.25, 0.3) is 0 Å². The first-order valence-electron chi connectivity index (χ1n) is 7.33. The summed E-state index contributed by atoms with van der Waals surface area (Å²) in [5, 5.41) is 9.51. The summed E-state index contributed by atoms with van der Waals surface area (Å²) in [6.45, 7) is 5.00. The van der Waals surface area contributed by atoms with E-state index in [0.717, 1.165) is 25.0 Å². The predicted molar refractivity (Wildman–Crippen MR) is 85.7 cm³/mol. The van der Waals surface area contributed by atoms with Gasteiger partial charge in [0.2, 0.25) is 0 Å². The van der Waals surface area contributed by atoms with Crippen LogP contribution >= 0.6 is 0 Å². The van der Waals surface area contributed by atoms with Gasteiger partial charge in [0.1, 0.15) is 5.75 Å². The van der Waals surface area contributed by atoms with Crippen LogP contribution in [0.5, 0.6) is 11.5 Å². The molecule has 0 saturated carbocycles. The average molecular weight is 375 g/mol. The van der Waals surface area contributed by atoms with Gasteiger partial charge in [-0.2, -0.15) is 24.6 Å². The van der Waals surface area contributed by atoms with Crippen molar-refractivity contribution in [1.29, 1.82) is 0 Å². The van der Waals surface area contributed by atoms with Gasteiger partial charge in [0, 0.05) is 5.75 Å². The molecule has 1 radical (unpaired) electrons. The van der Waals surface area contributed by atoms with Crippen LogP contribution in [0, 0.1) is 13.0 Å². The summed E-state index contributed by atoms with van der Waals surface area (Å²) in [7, 11) is 1.67. The van der Waals surface area contributed by atoms with Crippen LogP contribution in [0.4, 0.5) is 0 Å². The molecule has 0 aliphatic heterocycles. The van der Waals surface area contributed by atoms with Gasteiger partial charge in [-0.25, -0.2) is 0 Å². The van der Waals surface area contributed by atoms with Gasteiger partial charge in [0.05, 0.1) is 7.11 Å². The van der Waals surface area contributed by atoms with Crippen LogP contribution in [-0.4, -0.2) is 12.2 Å². The Labute approximate surface area is 149 Å². The van der Waals surface area contributed by atoms with E-state index in [1.165, 1.54) is 16.7 Å². The van der Waals surface area contributed by atoms with Crippen LogP contribution in [0.2, 0.25) is 0 Å². The fraction of sp³-hybridized carbons (Fsp3) is 0.316. The summed E-state index contributed by atoms with van der Waals surface area (Å²) in [6.07, 6.45) is 3.16. The third-order valence-corrected chi connectivity index (χ3v) is 3.90. The van der Waals surface area contributed by atoms with Crippen molar-refractivity contribution >= 4 is 0 Å². The molecule has 1 N–H and O–H groups in total. The molecule has 1 aliphatic rings. The Morgan fingerprint density at radius 3 is 2.59 bits per heavy atom. The molecule has 1 atom stereocenters. The maximum atomic E-state index is 9.51. The van der Waals surface area contributed by atoms with Gasteiger partial charge in [0.25, 0.3) is 0 Å². The van der Waals surface area contributed by atoms with E-state index in [1.54, 1.807) is 20.1 Å². The Hall–Kier alpha value is -1.22. The molecule has 3 rings (SSSR count). The minimum absolute atomic E-state index is 0. The maximum Gasteiger partial charge on any atom is 2.00 e. The van der Waals surface area contributed by atoms with Gasteiger partial charge in [-0.05, 0) is 48.4 Å². The number of hydrogen-bond acceptors (Lipinski definition) is 2. The molecule has 0 spiro atoms. The summed E-state index contributed by atoms with van der Waals surface area (Å²) in [4.78, 5) is 0. The van der Waals surface area contributed by atoms with E-state index in [0.29, 0.717) is 11.7 Å². The molecule has 0 heterocycles. The number of aromatic hydroxyl groups is 1. The zero-order valence-corrected chi connectivity index (χ0v) is 15.4. The zero-order chi connectivity index (χ0) is 15.2. The quantitative estimate of drug-likeness (QED) is 0.626. The summed E-state index contributed by atoms with van der Waals surface area (Å²) in [5.41, 5.74) is 3.88. The van der Waals surface area contributed by atoms with Crippen molar-refractivity contribution in [2.45, 2.75) is 32.1 Å². The SMILES string of the molecule is COc1c[c-]c(C2CCc3cc(O)ccc3C2)cc1.[CH2-]C.[Nb+2]. The number of phenolic OH excluding ortho intramolecular Hbond substituents is 1.